The summed E-state index contributed by atoms with van der Waals surface area (Å²) >= 11 is 11.8. The van der Waals surface area contributed by atoms with E-state index in [0.29, 0.717) is 22.2 Å². The van der Waals surface area contributed by atoms with E-state index in [0.717, 1.165) is 11.8 Å². The Hall–Kier alpha value is -1.56. The van der Waals surface area contributed by atoms with Crippen LogP contribution in [0.25, 0.3) is 0 Å². The number of nitrogens with zero attached hydrogens (tertiary/aromatic N) is 1. The fourth-order valence-electron chi connectivity index (χ4n) is 2.05. The third kappa shape index (κ3) is 4.47. The number of hydrogen-bond acceptors (Lipinski definition) is 3. The van der Waals surface area contributed by atoms with Gasteiger partial charge in [0.2, 0.25) is 0 Å². The van der Waals surface area contributed by atoms with Crippen LogP contribution in [-0.2, 0) is 16.4 Å². The number of carbonyl (C=O) groups excluding carboxylic acids is 1. The van der Waals surface area contributed by atoms with E-state index < -0.39 is 9.84 Å². The normalized spacial score (nSPS) is 11.3. The summed E-state index contributed by atoms with van der Waals surface area (Å²) in [7, 11) is -1.61. The number of rotatable bonds is 4. The minimum Gasteiger partial charge on any atom is -0.337 e. The van der Waals surface area contributed by atoms with Gasteiger partial charge in [0.05, 0.1) is 14.9 Å². The molecule has 4 nitrogen and oxygen atoms in total. The number of halogens is 2. The lowest BCUT2D eigenvalue weighted by molar-refractivity contribution is 0.0785. The van der Waals surface area contributed by atoms with Crippen LogP contribution in [0.2, 0.25) is 10.0 Å². The van der Waals surface area contributed by atoms with Crippen molar-refractivity contribution in [2.75, 3.05) is 13.3 Å². The second-order valence-electron chi connectivity index (χ2n) is 5.21. The molecule has 0 aliphatic heterocycles. The van der Waals surface area contributed by atoms with Gasteiger partial charge in [0, 0.05) is 25.4 Å². The zero-order valence-corrected chi connectivity index (χ0v) is 14.9. The zero-order chi connectivity index (χ0) is 17.2. The van der Waals surface area contributed by atoms with Crippen LogP contribution in [0.4, 0.5) is 0 Å². The van der Waals surface area contributed by atoms with E-state index >= 15 is 0 Å². The van der Waals surface area contributed by atoms with Gasteiger partial charge in [-0.05, 0) is 42.0 Å². The number of hydrogen-bond donors (Lipinski definition) is 0. The van der Waals surface area contributed by atoms with Gasteiger partial charge in [-0.3, -0.25) is 4.79 Å². The van der Waals surface area contributed by atoms with Gasteiger partial charge in [-0.25, -0.2) is 8.42 Å². The fourth-order valence-corrected chi connectivity index (χ4v) is 3.00. The van der Waals surface area contributed by atoms with E-state index in [-0.39, 0.29) is 10.8 Å². The summed E-state index contributed by atoms with van der Waals surface area (Å²) < 4.78 is 22.9. The highest BCUT2D eigenvalue weighted by Crippen LogP contribution is 2.23. The molecule has 0 saturated heterocycles. The van der Waals surface area contributed by atoms with Crippen LogP contribution in [0.15, 0.2) is 47.4 Å². The van der Waals surface area contributed by atoms with Crippen molar-refractivity contribution >= 4 is 38.9 Å². The molecule has 0 heterocycles. The Bertz CT molecular complexity index is 833. The lowest BCUT2D eigenvalue weighted by atomic mass is 10.1. The number of sulfone groups is 1. The molecule has 0 saturated carbocycles. The SMILES string of the molecule is CN(Cc1ccc(Cl)c(Cl)c1)C(=O)c1ccc(S(C)(=O)=O)cc1. The van der Waals surface area contributed by atoms with E-state index in [1.807, 2.05) is 0 Å². The molecule has 0 bridgehead atoms. The monoisotopic (exact) mass is 371 g/mol. The Morgan fingerprint density at radius 1 is 1.04 bits per heavy atom. The Kier molecular flexibility index (Phi) is 5.34. The molecule has 0 fully saturated rings. The quantitative estimate of drug-likeness (QED) is 0.823. The third-order valence-electron chi connectivity index (χ3n) is 3.28. The van der Waals surface area contributed by atoms with E-state index in [2.05, 4.69) is 0 Å². The van der Waals surface area contributed by atoms with E-state index in [4.69, 9.17) is 23.2 Å². The molecular formula is C16H15Cl2NO3S. The molecule has 0 N–H and O–H groups in total. The smallest absolute Gasteiger partial charge is 0.253 e. The molecule has 0 unspecified atom stereocenters. The first-order valence-corrected chi connectivity index (χ1v) is 9.33. The summed E-state index contributed by atoms with van der Waals surface area (Å²) in [6, 6.07) is 11.0. The predicted octanol–water partition coefficient (Wildman–Crippen LogP) is 3.67. The van der Waals surface area contributed by atoms with Crippen molar-refractivity contribution in [3.63, 3.8) is 0 Å². The molecule has 2 aromatic rings. The van der Waals surface area contributed by atoms with Crippen LogP contribution < -0.4 is 0 Å². The third-order valence-corrected chi connectivity index (χ3v) is 5.15. The Morgan fingerprint density at radius 3 is 2.17 bits per heavy atom. The average Bonchev–Trinajstić information content (AvgIpc) is 2.49. The molecule has 2 rings (SSSR count). The number of amides is 1. The molecule has 7 heteroatoms. The van der Waals surface area contributed by atoms with Crippen molar-refractivity contribution < 1.29 is 13.2 Å². The second-order valence-corrected chi connectivity index (χ2v) is 8.04. The van der Waals surface area contributed by atoms with Crippen LogP contribution >= 0.6 is 23.2 Å². The van der Waals surface area contributed by atoms with Gasteiger partial charge in [-0.15, -0.1) is 0 Å². The number of carbonyl (C=O) groups is 1. The Labute approximate surface area is 145 Å². The summed E-state index contributed by atoms with van der Waals surface area (Å²) in [4.78, 5) is 14.1. The first-order chi connectivity index (χ1) is 10.7. The van der Waals surface area contributed by atoms with Crippen LogP contribution in [0.3, 0.4) is 0 Å². The van der Waals surface area contributed by atoms with Crippen molar-refractivity contribution in [3.8, 4) is 0 Å². The molecular weight excluding hydrogens is 357 g/mol. The molecule has 0 aromatic heterocycles. The van der Waals surface area contributed by atoms with Gasteiger partial charge in [-0.2, -0.15) is 0 Å². The van der Waals surface area contributed by atoms with Crippen molar-refractivity contribution in [2.24, 2.45) is 0 Å². The Balaban J connectivity index is 2.14. The molecule has 0 aliphatic rings. The summed E-state index contributed by atoms with van der Waals surface area (Å²) in [6.45, 7) is 0.365. The maximum Gasteiger partial charge on any atom is 0.253 e. The van der Waals surface area contributed by atoms with Crippen LogP contribution in [0, 0.1) is 0 Å². The topological polar surface area (TPSA) is 54.5 Å². The highest BCUT2D eigenvalue weighted by Gasteiger charge is 2.14. The van der Waals surface area contributed by atoms with Gasteiger partial charge >= 0.3 is 0 Å². The van der Waals surface area contributed by atoms with Crippen LogP contribution in [0.5, 0.6) is 0 Å². The minimum absolute atomic E-state index is 0.182. The zero-order valence-electron chi connectivity index (χ0n) is 12.6. The van der Waals surface area contributed by atoms with E-state index in [9.17, 15) is 13.2 Å². The summed E-state index contributed by atoms with van der Waals surface area (Å²) in [5.41, 5.74) is 1.27. The predicted molar refractivity (Wildman–Crippen MR) is 91.8 cm³/mol. The van der Waals surface area contributed by atoms with Gasteiger partial charge < -0.3 is 4.90 Å². The van der Waals surface area contributed by atoms with Gasteiger partial charge in [0.1, 0.15) is 0 Å². The average molecular weight is 372 g/mol. The first-order valence-electron chi connectivity index (χ1n) is 6.68. The lowest BCUT2D eigenvalue weighted by Gasteiger charge is -2.18. The Morgan fingerprint density at radius 2 is 1.65 bits per heavy atom. The molecule has 122 valence electrons. The molecule has 0 aliphatic carbocycles. The molecule has 1 amide bonds. The molecule has 0 spiro atoms. The lowest BCUT2D eigenvalue weighted by Crippen LogP contribution is -2.26. The minimum atomic E-state index is -3.27. The summed E-state index contributed by atoms with van der Waals surface area (Å²) in [5.74, 6) is -0.212. The van der Waals surface area contributed by atoms with E-state index in [1.165, 1.54) is 29.2 Å². The number of benzene rings is 2. The van der Waals surface area contributed by atoms with Gasteiger partial charge in [0.25, 0.3) is 5.91 Å². The van der Waals surface area contributed by atoms with Crippen LogP contribution in [0.1, 0.15) is 15.9 Å². The molecule has 2 aromatic carbocycles. The second kappa shape index (κ2) is 6.91. The van der Waals surface area contributed by atoms with Crippen molar-refractivity contribution in [3.05, 3.63) is 63.6 Å². The van der Waals surface area contributed by atoms with Crippen molar-refractivity contribution in [1.29, 1.82) is 0 Å². The fraction of sp³-hybridized carbons (Fsp3) is 0.188. The molecule has 0 radical (unpaired) electrons. The standard InChI is InChI=1S/C16H15Cl2NO3S/c1-19(10-11-3-8-14(17)15(18)9-11)16(20)12-4-6-13(7-5-12)23(2,21)22/h3-9H,10H2,1-2H3. The van der Waals surface area contributed by atoms with Crippen LogP contribution in [-0.4, -0.2) is 32.5 Å². The molecule has 23 heavy (non-hydrogen) atoms. The first kappa shape index (κ1) is 17.8. The van der Waals surface area contributed by atoms with Gasteiger partial charge in [-0.1, -0.05) is 29.3 Å². The highest BCUT2D eigenvalue weighted by atomic mass is 35.5. The summed E-state index contributed by atoms with van der Waals surface area (Å²) in [5, 5.41) is 0.892. The van der Waals surface area contributed by atoms with Gasteiger partial charge in [0.15, 0.2) is 9.84 Å². The molecule has 0 atom stereocenters. The maximum absolute atomic E-state index is 12.4. The van der Waals surface area contributed by atoms with E-state index in [1.54, 1.807) is 25.2 Å². The largest absolute Gasteiger partial charge is 0.337 e. The van der Waals surface area contributed by atoms with Crippen molar-refractivity contribution in [2.45, 2.75) is 11.4 Å². The summed E-state index contributed by atoms with van der Waals surface area (Å²) in [6.07, 6.45) is 1.13. The van der Waals surface area contributed by atoms with Crippen molar-refractivity contribution in [1.82, 2.24) is 4.90 Å². The highest BCUT2D eigenvalue weighted by molar-refractivity contribution is 7.90. The maximum atomic E-state index is 12.4.